The van der Waals surface area contributed by atoms with Gasteiger partial charge in [0.2, 0.25) is 0 Å². The van der Waals surface area contributed by atoms with Crippen LogP contribution in [-0.4, -0.2) is 24.8 Å². The summed E-state index contributed by atoms with van der Waals surface area (Å²) in [6, 6.07) is 26.3. The van der Waals surface area contributed by atoms with Crippen LogP contribution in [-0.2, 0) is 9.53 Å². The van der Waals surface area contributed by atoms with Crippen molar-refractivity contribution in [3.05, 3.63) is 95.6 Å². The van der Waals surface area contributed by atoms with Gasteiger partial charge in [-0.25, -0.2) is 4.79 Å². The fourth-order valence-electron chi connectivity index (χ4n) is 4.38. The summed E-state index contributed by atoms with van der Waals surface area (Å²) in [5, 5.41) is 9.78. The summed E-state index contributed by atoms with van der Waals surface area (Å²) in [5.74, 6) is 1.73. The Bertz CT molecular complexity index is 980. The number of benzene rings is 3. The van der Waals surface area contributed by atoms with E-state index in [9.17, 15) is 9.90 Å². The van der Waals surface area contributed by atoms with Gasteiger partial charge in [-0.2, -0.15) is 0 Å². The molecule has 0 heterocycles. The van der Waals surface area contributed by atoms with E-state index in [0.29, 0.717) is 29.3 Å². The van der Waals surface area contributed by atoms with Crippen molar-refractivity contribution in [2.45, 2.75) is 50.9 Å². The molecule has 4 heteroatoms. The monoisotopic (exact) mass is 446 g/mol. The lowest BCUT2D eigenvalue weighted by atomic mass is 9.78. The smallest absolute Gasteiger partial charge is 0.343 e. The Kier molecular flexibility index (Phi) is 8.94. The Morgan fingerprint density at radius 3 is 2.03 bits per heavy atom. The molecule has 0 radical (unpaired) electrons. The van der Waals surface area contributed by atoms with E-state index in [1.807, 2.05) is 24.3 Å². The quantitative estimate of drug-likeness (QED) is 0.329. The third kappa shape index (κ3) is 7.11. The fourth-order valence-corrected chi connectivity index (χ4v) is 4.38. The predicted octanol–water partition coefficient (Wildman–Crippen LogP) is 6.81. The van der Waals surface area contributed by atoms with E-state index >= 15 is 0 Å². The Morgan fingerprint density at radius 2 is 1.42 bits per heavy atom. The van der Waals surface area contributed by atoms with Gasteiger partial charge in [0, 0.05) is 0 Å². The summed E-state index contributed by atoms with van der Waals surface area (Å²) in [6.07, 6.45) is 3.13. The van der Waals surface area contributed by atoms with E-state index in [1.54, 1.807) is 12.1 Å². The maximum Gasteiger partial charge on any atom is 0.343 e. The number of carbonyl (C=O) groups is 1. The topological polar surface area (TPSA) is 55.8 Å². The highest BCUT2D eigenvalue weighted by Gasteiger charge is 2.22. The molecule has 0 aliphatic heterocycles. The molecule has 0 aliphatic rings. The molecule has 33 heavy (non-hydrogen) atoms. The van der Waals surface area contributed by atoms with Crippen molar-refractivity contribution < 1.29 is 19.4 Å². The number of hydrogen-bond acceptors (Lipinski definition) is 4. The molecule has 0 spiro atoms. The largest absolute Gasteiger partial charge is 0.508 e. The van der Waals surface area contributed by atoms with Crippen molar-refractivity contribution >= 4 is 5.97 Å². The summed E-state index contributed by atoms with van der Waals surface area (Å²) in [6.45, 7) is 4.41. The van der Waals surface area contributed by atoms with Crippen molar-refractivity contribution in [2.24, 2.45) is 0 Å². The van der Waals surface area contributed by atoms with Gasteiger partial charge in [-0.05, 0) is 78.0 Å². The van der Waals surface area contributed by atoms with Crippen LogP contribution >= 0.6 is 0 Å². The molecule has 4 nitrogen and oxygen atoms in total. The van der Waals surface area contributed by atoms with Crippen LogP contribution in [0, 0.1) is 0 Å². The third-order valence-corrected chi connectivity index (χ3v) is 6.37. The van der Waals surface area contributed by atoms with E-state index in [2.05, 4.69) is 61.0 Å². The van der Waals surface area contributed by atoms with Gasteiger partial charge < -0.3 is 14.6 Å². The first-order chi connectivity index (χ1) is 16.0. The van der Waals surface area contributed by atoms with Crippen LogP contribution in [0.15, 0.2) is 78.9 Å². The molecule has 0 fully saturated rings. The summed E-state index contributed by atoms with van der Waals surface area (Å²) in [5.41, 5.74) is 3.87. The standard InChI is InChI=1S/C29H34O4/c1-4-22(24-8-6-5-7-9-24)19-26(25-10-14-27(30)15-11-25)18-21(2)23-12-16-28(17-13-23)33-20-29(31)32-3/h5-17,21-22,26,30H,4,18-20H2,1-3H3. The molecule has 0 aromatic heterocycles. The van der Waals surface area contributed by atoms with E-state index in [1.165, 1.54) is 23.8 Å². The van der Waals surface area contributed by atoms with Gasteiger partial charge in [-0.15, -0.1) is 0 Å². The molecule has 174 valence electrons. The number of ether oxygens (including phenoxy) is 2. The maximum absolute atomic E-state index is 11.3. The second-order valence-corrected chi connectivity index (χ2v) is 8.61. The van der Waals surface area contributed by atoms with Gasteiger partial charge in [-0.1, -0.05) is 68.4 Å². The average molecular weight is 447 g/mol. The van der Waals surface area contributed by atoms with Gasteiger partial charge in [0.15, 0.2) is 6.61 Å². The number of hydrogen-bond donors (Lipinski definition) is 1. The number of esters is 1. The van der Waals surface area contributed by atoms with Crippen LogP contribution in [0.2, 0.25) is 0 Å². The predicted molar refractivity (Wildman–Crippen MR) is 132 cm³/mol. The molecule has 0 aliphatic carbocycles. The maximum atomic E-state index is 11.3. The van der Waals surface area contributed by atoms with E-state index in [0.717, 1.165) is 19.3 Å². The zero-order valence-corrected chi connectivity index (χ0v) is 19.7. The highest BCUT2D eigenvalue weighted by molar-refractivity contribution is 5.70. The van der Waals surface area contributed by atoms with Crippen LogP contribution in [0.5, 0.6) is 11.5 Å². The fraction of sp³-hybridized carbons (Fsp3) is 0.345. The van der Waals surface area contributed by atoms with Crippen LogP contribution in [0.3, 0.4) is 0 Å². The molecule has 1 N–H and O–H groups in total. The third-order valence-electron chi connectivity index (χ3n) is 6.37. The molecule has 0 saturated heterocycles. The Hall–Kier alpha value is -3.27. The molecule has 3 aromatic rings. The molecule has 3 aromatic carbocycles. The average Bonchev–Trinajstić information content (AvgIpc) is 2.86. The van der Waals surface area contributed by atoms with Crippen LogP contribution in [0.4, 0.5) is 0 Å². The Labute approximate surface area is 197 Å². The van der Waals surface area contributed by atoms with Crippen LogP contribution in [0.25, 0.3) is 0 Å². The number of phenols is 1. The Balaban J connectivity index is 1.75. The number of methoxy groups -OCH3 is 1. The van der Waals surface area contributed by atoms with E-state index in [-0.39, 0.29) is 6.61 Å². The zero-order valence-electron chi connectivity index (χ0n) is 19.7. The van der Waals surface area contributed by atoms with E-state index < -0.39 is 5.97 Å². The molecule has 3 rings (SSSR count). The second-order valence-electron chi connectivity index (χ2n) is 8.61. The van der Waals surface area contributed by atoms with Gasteiger partial charge in [0.25, 0.3) is 0 Å². The molecular formula is C29H34O4. The Morgan fingerprint density at radius 1 is 0.818 bits per heavy atom. The number of phenolic OH excluding ortho intramolecular Hbond substituents is 1. The number of aromatic hydroxyl groups is 1. The summed E-state index contributed by atoms with van der Waals surface area (Å²) < 4.78 is 10.1. The molecular weight excluding hydrogens is 412 g/mol. The molecule has 0 saturated carbocycles. The highest BCUT2D eigenvalue weighted by atomic mass is 16.6. The van der Waals surface area contributed by atoms with Gasteiger partial charge in [-0.3, -0.25) is 0 Å². The van der Waals surface area contributed by atoms with Crippen molar-refractivity contribution in [1.29, 1.82) is 0 Å². The molecule has 0 amide bonds. The van der Waals surface area contributed by atoms with E-state index in [4.69, 9.17) is 4.74 Å². The van der Waals surface area contributed by atoms with Gasteiger partial charge in [0.1, 0.15) is 11.5 Å². The molecule has 0 bridgehead atoms. The van der Waals surface area contributed by atoms with Crippen molar-refractivity contribution in [3.63, 3.8) is 0 Å². The molecule has 3 unspecified atom stereocenters. The summed E-state index contributed by atoms with van der Waals surface area (Å²) in [7, 11) is 1.35. The lowest BCUT2D eigenvalue weighted by Gasteiger charge is -2.26. The minimum Gasteiger partial charge on any atom is -0.508 e. The summed E-state index contributed by atoms with van der Waals surface area (Å²) in [4.78, 5) is 11.3. The minimum absolute atomic E-state index is 0.0911. The first-order valence-corrected chi connectivity index (χ1v) is 11.6. The van der Waals surface area contributed by atoms with Gasteiger partial charge in [0.05, 0.1) is 7.11 Å². The van der Waals surface area contributed by atoms with Crippen LogP contribution < -0.4 is 4.74 Å². The van der Waals surface area contributed by atoms with Gasteiger partial charge >= 0.3 is 5.97 Å². The van der Waals surface area contributed by atoms with Crippen molar-refractivity contribution in [1.82, 2.24) is 0 Å². The summed E-state index contributed by atoms with van der Waals surface area (Å²) >= 11 is 0. The lowest BCUT2D eigenvalue weighted by molar-refractivity contribution is -0.142. The van der Waals surface area contributed by atoms with Crippen molar-refractivity contribution in [3.8, 4) is 11.5 Å². The first kappa shape index (κ1) is 24.4. The lowest BCUT2D eigenvalue weighted by Crippen LogP contribution is -2.12. The van der Waals surface area contributed by atoms with Crippen molar-refractivity contribution in [2.75, 3.05) is 13.7 Å². The van der Waals surface area contributed by atoms with Crippen LogP contribution in [0.1, 0.15) is 67.6 Å². The minimum atomic E-state index is -0.395. The SMILES string of the molecule is CCC(CC(CC(C)c1ccc(OCC(=O)OC)cc1)c1ccc(O)cc1)c1ccccc1. The number of rotatable bonds is 11. The molecule has 3 atom stereocenters. The second kappa shape index (κ2) is 12.1. The number of carbonyl (C=O) groups excluding carboxylic acids is 1. The normalized spacial score (nSPS) is 13.7. The zero-order chi connectivity index (χ0) is 23.6. The first-order valence-electron chi connectivity index (χ1n) is 11.6. The highest BCUT2D eigenvalue weighted by Crippen LogP contribution is 2.39.